The minimum absolute atomic E-state index is 0.0107. The number of hydrogen-bond acceptors (Lipinski definition) is 7. The summed E-state index contributed by atoms with van der Waals surface area (Å²) in [4.78, 5) is 44.3. The quantitative estimate of drug-likeness (QED) is 0.142. The summed E-state index contributed by atoms with van der Waals surface area (Å²) in [6.07, 6.45) is 3.62. The molecule has 3 aliphatic rings. The Labute approximate surface area is 281 Å². The molecule has 2 aromatic carbocycles. The highest BCUT2D eigenvalue weighted by atomic mass is 16.4. The molecule has 1 aliphatic carbocycles. The number of aromatic carboxylic acids is 1. The van der Waals surface area contributed by atoms with Crippen LogP contribution in [0.2, 0.25) is 0 Å². The van der Waals surface area contributed by atoms with Gasteiger partial charge in [0, 0.05) is 106 Å². The van der Waals surface area contributed by atoms with Gasteiger partial charge in [0.15, 0.2) is 5.78 Å². The molecule has 1 amide bonds. The topological polar surface area (TPSA) is 109 Å². The Bertz CT molecular complexity index is 1900. The van der Waals surface area contributed by atoms with Crippen LogP contribution in [0.5, 0.6) is 0 Å². The lowest BCUT2D eigenvalue weighted by Crippen LogP contribution is -2.48. The first-order chi connectivity index (χ1) is 22.9. The number of carboxylic acid groups (broad SMARTS) is 1. The molecule has 1 saturated heterocycles. The molecule has 2 aliphatic heterocycles. The number of carbonyl (C=O) groups is 3. The molecule has 2 aromatic rings. The van der Waals surface area contributed by atoms with E-state index in [0.717, 1.165) is 60.3 Å². The molecule has 0 spiro atoms. The van der Waals surface area contributed by atoms with Gasteiger partial charge in [-0.3, -0.25) is 19.4 Å². The van der Waals surface area contributed by atoms with E-state index in [9.17, 15) is 19.5 Å². The third-order valence-corrected chi connectivity index (χ3v) is 8.90. The number of nitrogens with one attached hydrogen (secondary N) is 1. The zero-order valence-corrected chi connectivity index (χ0v) is 28.7. The van der Waals surface area contributed by atoms with E-state index in [2.05, 4.69) is 15.1 Å². The van der Waals surface area contributed by atoms with Gasteiger partial charge in [-0.25, -0.2) is 9.37 Å². The summed E-state index contributed by atoms with van der Waals surface area (Å²) in [5.41, 5.74) is 3.98. The summed E-state index contributed by atoms with van der Waals surface area (Å²) in [7, 11) is 7.83. The second kappa shape index (κ2) is 15.0. The van der Waals surface area contributed by atoms with Gasteiger partial charge in [-0.05, 0) is 42.0 Å². The SMILES string of the molecule is CC(C)C(=O)/C=C/CN1CCN(CCNC(=O)c2ccc(-c3c4ccc(=[N+](C)C)cc-4oc4cc(N(C)C)ccc34)c(C(=O)O)c2)CC1. The number of anilines is 1. The number of nitrogens with zero attached hydrogens (tertiary/aromatic N) is 4. The smallest absolute Gasteiger partial charge is 0.336 e. The van der Waals surface area contributed by atoms with Crippen LogP contribution >= 0.6 is 0 Å². The number of ketones is 1. The van der Waals surface area contributed by atoms with E-state index in [-0.39, 0.29) is 23.2 Å². The van der Waals surface area contributed by atoms with Crippen LogP contribution < -0.4 is 20.1 Å². The van der Waals surface area contributed by atoms with Gasteiger partial charge in [0.1, 0.15) is 25.4 Å². The van der Waals surface area contributed by atoms with E-state index in [1.54, 1.807) is 18.2 Å². The number of benzene rings is 3. The number of carbonyl (C=O) groups excluding carboxylic acids is 2. The Balaban J connectivity index is 1.34. The maximum Gasteiger partial charge on any atom is 0.336 e. The molecule has 48 heavy (non-hydrogen) atoms. The lowest BCUT2D eigenvalue weighted by molar-refractivity contribution is -0.117. The average Bonchev–Trinajstić information content (AvgIpc) is 3.06. The van der Waals surface area contributed by atoms with Crippen molar-refractivity contribution in [3.63, 3.8) is 0 Å². The van der Waals surface area contributed by atoms with Crippen LogP contribution in [0.3, 0.4) is 0 Å². The van der Waals surface area contributed by atoms with E-state index < -0.39 is 5.97 Å². The molecule has 2 N–H and O–H groups in total. The fraction of sp³-hybridized carbons (Fsp3) is 0.368. The molecule has 0 radical (unpaired) electrons. The van der Waals surface area contributed by atoms with E-state index in [0.29, 0.717) is 35.6 Å². The number of fused-ring (bicyclic) bond motifs is 2. The third kappa shape index (κ3) is 7.83. The molecule has 1 fully saturated rings. The maximum absolute atomic E-state index is 13.2. The van der Waals surface area contributed by atoms with Crippen molar-refractivity contribution in [3.05, 3.63) is 83.2 Å². The highest BCUT2D eigenvalue weighted by molar-refractivity contribution is 6.09. The monoisotopic (exact) mass is 652 g/mol. The summed E-state index contributed by atoms with van der Waals surface area (Å²) >= 11 is 0. The van der Waals surface area contributed by atoms with E-state index >= 15 is 0 Å². The molecule has 252 valence electrons. The van der Waals surface area contributed by atoms with Crippen molar-refractivity contribution < 1.29 is 23.9 Å². The van der Waals surface area contributed by atoms with Gasteiger partial charge in [-0.15, -0.1) is 0 Å². The Kier molecular flexibility index (Phi) is 10.8. The Morgan fingerprint density at radius 1 is 0.958 bits per heavy atom. The number of rotatable bonds is 11. The highest BCUT2D eigenvalue weighted by Crippen LogP contribution is 2.42. The van der Waals surface area contributed by atoms with E-state index in [1.165, 1.54) is 6.07 Å². The minimum Gasteiger partial charge on any atom is -0.478 e. The van der Waals surface area contributed by atoms with Crippen molar-refractivity contribution >= 4 is 34.3 Å². The molecular formula is C38H46N5O5+. The van der Waals surface area contributed by atoms with Crippen molar-refractivity contribution in [1.29, 1.82) is 0 Å². The molecular weight excluding hydrogens is 606 g/mol. The van der Waals surface area contributed by atoms with Crippen LogP contribution in [0.15, 0.2) is 71.2 Å². The fourth-order valence-electron chi connectivity index (χ4n) is 5.93. The van der Waals surface area contributed by atoms with Gasteiger partial charge >= 0.3 is 5.97 Å². The molecule has 10 nitrogen and oxygen atoms in total. The molecule has 0 aromatic heterocycles. The van der Waals surface area contributed by atoms with Crippen molar-refractivity contribution in [2.75, 3.05) is 78.9 Å². The lowest BCUT2D eigenvalue weighted by Gasteiger charge is -2.34. The third-order valence-electron chi connectivity index (χ3n) is 8.90. The second-order valence-electron chi connectivity index (χ2n) is 13.0. The summed E-state index contributed by atoms with van der Waals surface area (Å²) in [6, 6.07) is 16.7. The van der Waals surface area contributed by atoms with Crippen LogP contribution in [-0.4, -0.2) is 107 Å². The van der Waals surface area contributed by atoms with Crippen molar-refractivity contribution in [1.82, 2.24) is 19.7 Å². The molecule has 0 bridgehead atoms. The lowest BCUT2D eigenvalue weighted by atomic mass is 9.89. The predicted octanol–water partition coefficient (Wildman–Crippen LogP) is 4.13. The maximum atomic E-state index is 13.2. The summed E-state index contributed by atoms with van der Waals surface area (Å²) in [5.74, 6) is -0.637. The van der Waals surface area contributed by atoms with Gasteiger partial charge in [0.05, 0.1) is 11.6 Å². The second-order valence-corrected chi connectivity index (χ2v) is 13.0. The zero-order valence-electron chi connectivity index (χ0n) is 28.7. The van der Waals surface area contributed by atoms with Crippen LogP contribution in [0.4, 0.5) is 5.69 Å². The largest absolute Gasteiger partial charge is 0.478 e. The normalized spacial score (nSPS) is 14.2. The van der Waals surface area contributed by atoms with Crippen molar-refractivity contribution in [2.24, 2.45) is 5.92 Å². The summed E-state index contributed by atoms with van der Waals surface area (Å²) < 4.78 is 8.39. The van der Waals surface area contributed by atoms with Gasteiger partial charge < -0.3 is 19.7 Å². The molecule has 10 heteroatoms. The van der Waals surface area contributed by atoms with Crippen LogP contribution in [0.1, 0.15) is 34.6 Å². The zero-order chi connectivity index (χ0) is 34.5. The summed E-state index contributed by atoms with van der Waals surface area (Å²) in [6.45, 7) is 9.22. The molecule has 0 unspecified atom stereocenters. The first-order valence-electron chi connectivity index (χ1n) is 16.4. The summed E-state index contributed by atoms with van der Waals surface area (Å²) in [5, 5.41) is 15.1. The fourth-order valence-corrected chi connectivity index (χ4v) is 5.93. The Morgan fingerprint density at radius 2 is 1.67 bits per heavy atom. The predicted molar refractivity (Wildman–Crippen MR) is 191 cm³/mol. The number of hydrogen-bond donors (Lipinski definition) is 2. The van der Waals surface area contributed by atoms with Gasteiger partial charge in [-0.2, -0.15) is 0 Å². The standard InChI is InChI=1S/C38H45N5O5/c1-25(2)33(44)8-7-16-42-18-20-43(21-19-42)17-15-39-37(45)26-9-12-29(32(22-26)38(46)47)36-30-13-10-27(40(3)4)23-34(30)48-35-24-28(41(5)6)11-14-31(35)36/h7-14,22-25H,15-21H2,1-6H3,(H-,39,45,46,47)/p+1/b8-7+. The molecule has 0 atom stereocenters. The average molecular weight is 653 g/mol. The Morgan fingerprint density at radius 3 is 2.33 bits per heavy atom. The first-order valence-corrected chi connectivity index (χ1v) is 16.4. The molecule has 5 rings (SSSR count). The van der Waals surface area contributed by atoms with Crippen LogP contribution in [-0.2, 0) is 4.79 Å². The molecule has 2 heterocycles. The number of carboxylic acids is 1. The number of allylic oxidation sites excluding steroid dienone is 1. The minimum atomic E-state index is -1.11. The van der Waals surface area contributed by atoms with Gasteiger partial charge in [0.25, 0.3) is 5.91 Å². The molecule has 0 saturated carbocycles. The highest BCUT2D eigenvalue weighted by Gasteiger charge is 2.24. The van der Waals surface area contributed by atoms with Crippen molar-refractivity contribution in [2.45, 2.75) is 13.8 Å². The number of amides is 1. The van der Waals surface area contributed by atoms with Gasteiger partial charge in [0.2, 0.25) is 5.36 Å². The van der Waals surface area contributed by atoms with Crippen molar-refractivity contribution in [3.8, 4) is 22.5 Å². The van der Waals surface area contributed by atoms with E-state index in [4.69, 9.17) is 4.42 Å². The van der Waals surface area contributed by atoms with Crippen LogP contribution in [0.25, 0.3) is 33.4 Å². The Hall–Kier alpha value is -4.80. The number of piperazine rings is 1. The van der Waals surface area contributed by atoms with Gasteiger partial charge in [-0.1, -0.05) is 26.0 Å². The first kappa shape index (κ1) is 34.5. The van der Waals surface area contributed by atoms with Crippen LogP contribution in [0, 0.1) is 5.92 Å². The van der Waals surface area contributed by atoms with E-state index in [1.807, 2.05) is 94.0 Å².